The largest absolute Gasteiger partial charge is 0.350 e. The van der Waals surface area contributed by atoms with Crippen molar-refractivity contribution in [3.8, 4) is 0 Å². The van der Waals surface area contributed by atoms with Gasteiger partial charge in [0.25, 0.3) is 0 Å². The van der Waals surface area contributed by atoms with Gasteiger partial charge in [-0.05, 0) is 18.2 Å². The highest BCUT2D eigenvalue weighted by atomic mass is 19.1. The van der Waals surface area contributed by atoms with Crippen LogP contribution in [0.1, 0.15) is 5.56 Å². The lowest BCUT2D eigenvalue weighted by Gasteiger charge is -2.18. The molecule has 0 spiro atoms. The summed E-state index contributed by atoms with van der Waals surface area (Å²) in [6, 6.07) is 12.2. The molecular formula is C18H17F2N3O2. The maximum Gasteiger partial charge on any atom is 0.325 e. The summed E-state index contributed by atoms with van der Waals surface area (Å²) in [5.41, 5.74) is 0.970. The van der Waals surface area contributed by atoms with E-state index in [-0.39, 0.29) is 24.7 Å². The lowest BCUT2D eigenvalue weighted by Crippen LogP contribution is -2.39. The Bertz CT molecular complexity index is 783. The van der Waals surface area contributed by atoms with Crippen molar-refractivity contribution in [2.75, 3.05) is 24.5 Å². The van der Waals surface area contributed by atoms with Gasteiger partial charge in [0.15, 0.2) is 0 Å². The first-order chi connectivity index (χ1) is 12.0. The molecule has 7 heteroatoms. The number of hydrogen-bond acceptors (Lipinski definition) is 2. The quantitative estimate of drug-likeness (QED) is 0.905. The van der Waals surface area contributed by atoms with Crippen molar-refractivity contribution in [2.45, 2.75) is 6.54 Å². The Morgan fingerprint density at radius 2 is 1.84 bits per heavy atom. The minimum Gasteiger partial charge on any atom is -0.350 e. The lowest BCUT2D eigenvalue weighted by molar-refractivity contribution is -0.121. The fourth-order valence-electron chi connectivity index (χ4n) is 2.66. The predicted octanol–water partition coefficient (Wildman–Crippen LogP) is 2.52. The molecule has 0 unspecified atom stereocenters. The SMILES string of the molecule is O=C(CN1CCN(c2ccccc2)C1=O)NCc1ccc(F)cc1F. The van der Waals surface area contributed by atoms with Gasteiger partial charge < -0.3 is 10.2 Å². The van der Waals surface area contributed by atoms with Crippen molar-refractivity contribution in [1.82, 2.24) is 10.2 Å². The molecule has 1 aliphatic rings. The molecule has 0 radical (unpaired) electrons. The topological polar surface area (TPSA) is 52.7 Å². The molecule has 0 saturated carbocycles. The third-order valence-corrected chi connectivity index (χ3v) is 3.99. The summed E-state index contributed by atoms with van der Waals surface area (Å²) in [6.07, 6.45) is 0. The highest BCUT2D eigenvalue weighted by Gasteiger charge is 2.30. The Morgan fingerprint density at radius 1 is 1.08 bits per heavy atom. The fraction of sp³-hybridized carbons (Fsp3) is 0.222. The number of benzene rings is 2. The minimum atomic E-state index is -0.715. The number of para-hydroxylation sites is 1. The van der Waals surface area contributed by atoms with E-state index in [0.717, 1.165) is 17.8 Å². The molecule has 1 heterocycles. The van der Waals surface area contributed by atoms with Crippen molar-refractivity contribution in [3.05, 3.63) is 65.7 Å². The van der Waals surface area contributed by atoms with E-state index in [1.54, 1.807) is 4.90 Å². The zero-order valence-corrected chi connectivity index (χ0v) is 13.4. The van der Waals surface area contributed by atoms with Crippen LogP contribution in [0.25, 0.3) is 0 Å². The highest BCUT2D eigenvalue weighted by molar-refractivity contribution is 5.96. The van der Waals surface area contributed by atoms with Gasteiger partial charge in [-0.3, -0.25) is 9.69 Å². The average Bonchev–Trinajstić information content (AvgIpc) is 2.95. The Morgan fingerprint density at radius 3 is 2.56 bits per heavy atom. The van der Waals surface area contributed by atoms with Gasteiger partial charge in [0.1, 0.15) is 18.2 Å². The molecule has 130 valence electrons. The van der Waals surface area contributed by atoms with Gasteiger partial charge in [0.05, 0.1) is 0 Å². The third kappa shape index (κ3) is 3.93. The molecule has 0 aliphatic carbocycles. The van der Waals surface area contributed by atoms with Crippen molar-refractivity contribution in [3.63, 3.8) is 0 Å². The van der Waals surface area contributed by atoms with E-state index in [4.69, 9.17) is 0 Å². The maximum absolute atomic E-state index is 13.5. The van der Waals surface area contributed by atoms with Crippen molar-refractivity contribution < 1.29 is 18.4 Å². The smallest absolute Gasteiger partial charge is 0.325 e. The van der Waals surface area contributed by atoms with Crippen LogP contribution in [-0.4, -0.2) is 36.5 Å². The molecule has 1 aliphatic heterocycles. The number of amides is 3. The molecule has 2 aromatic carbocycles. The van der Waals surface area contributed by atoms with Crippen LogP contribution in [0.2, 0.25) is 0 Å². The molecule has 1 saturated heterocycles. The van der Waals surface area contributed by atoms with E-state index in [1.165, 1.54) is 11.0 Å². The molecule has 25 heavy (non-hydrogen) atoms. The van der Waals surface area contributed by atoms with Gasteiger partial charge in [0, 0.05) is 37.0 Å². The van der Waals surface area contributed by atoms with Crippen LogP contribution < -0.4 is 10.2 Å². The number of nitrogens with one attached hydrogen (secondary N) is 1. The number of hydrogen-bond donors (Lipinski definition) is 1. The second-order valence-corrected chi connectivity index (χ2v) is 5.70. The first kappa shape index (κ1) is 16.9. The lowest BCUT2D eigenvalue weighted by atomic mass is 10.2. The number of anilines is 1. The Hall–Kier alpha value is -2.96. The summed E-state index contributed by atoms with van der Waals surface area (Å²) in [4.78, 5) is 27.4. The normalized spacial score (nSPS) is 14.1. The van der Waals surface area contributed by atoms with E-state index in [2.05, 4.69) is 5.32 Å². The van der Waals surface area contributed by atoms with E-state index >= 15 is 0 Å². The first-order valence-electron chi connectivity index (χ1n) is 7.87. The van der Waals surface area contributed by atoms with E-state index in [1.807, 2.05) is 30.3 Å². The summed E-state index contributed by atoms with van der Waals surface area (Å²) >= 11 is 0. The molecular weight excluding hydrogens is 328 g/mol. The van der Waals surface area contributed by atoms with Crippen molar-refractivity contribution in [1.29, 1.82) is 0 Å². The van der Waals surface area contributed by atoms with E-state index in [0.29, 0.717) is 13.1 Å². The first-order valence-corrected chi connectivity index (χ1v) is 7.87. The molecule has 1 N–H and O–H groups in total. The number of nitrogens with zero attached hydrogens (tertiary/aromatic N) is 2. The number of carbonyl (C=O) groups excluding carboxylic acids is 2. The van der Waals surface area contributed by atoms with Crippen LogP contribution in [0, 0.1) is 11.6 Å². The van der Waals surface area contributed by atoms with Crippen LogP contribution in [0.5, 0.6) is 0 Å². The third-order valence-electron chi connectivity index (χ3n) is 3.99. The monoisotopic (exact) mass is 345 g/mol. The van der Waals surface area contributed by atoms with Gasteiger partial charge in [0.2, 0.25) is 5.91 Å². The molecule has 0 aromatic heterocycles. The van der Waals surface area contributed by atoms with Gasteiger partial charge in [-0.2, -0.15) is 0 Å². The Labute approximate surface area is 143 Å². The van der Waals surface area contributed by atoms with Gasteiger partial charge in [-0.25, -0.2) is 13.6 Å². The van der Waals surface area contributed by atoms with Crippen molar-refractivity contribution in [2.24, 2.45) is 0 Å². The van der Waals surface area contributed by atoms with Crippen molar-refractivity contribution >= 4 is 17.6 Å². The number of rotatable bonds is 5. The van der Waals surface area contributed by atoms with Crippen LogP contribution in [0.4, 0.5) is 19.3 Å². The summed E-state index contributed by atoms with van der Waals surface area (Å²) in [7, 11) is 0. The Kier molecular flexibility index (Phi) is 4.92. The number of halogens is 2. The summed E-state index contributed by atoms with van der Waals surface area (Å²) in [5.74, 6) is -1.78. The van der Waals surface area contributed by atoms with E-state index in [9.17, 15) is 18.4 Å². The molecule has 1 fully saturated rings. The van der Waals surface area contributed by atoms with E-state index < -0.39 is 17.5 Å². The molecule has 3 rings (SSSR count). The molecule has 2 aromatic rings. The predicted molar refractivity (Wildman–Crippen MR) is 89.0 cm³/mol. The number of urea groups is 1. The van der Waals surface area contributed by atoms with Crippen LogP contribution in [0.15, 0.2) is 48.5 Å². The second-order valence-electron chi connectivity index (χ2n) is 5.70. The zero-order chi connectivity index (χ0) is 17.8. The molecule has 3 amide bonds. The minimum absolute atomic E-state index is 0.0601. The van der Waals surface area contributed by atoms with Crippen LogP contribution >= 0.6 is 0 Å². The van der Waals surface area contributed by atoms with Gasteiger partial charge in [-0.1, -0.05) is 24.3 Å². The second kappa shape index (κ2) is 7.29. The number of carbonyl (C=O) groups is 2. The molecule has 5 nitrogen and oxygen atoms in total. The average molecular weight is 345 g/mol. The van der Waals surface area contributed by atoms with Gasteiger partial charge in [-0.15, -0.1) is 0 Å². The van der Waals surface area contributed by atoms with Crippen LogP contribution in [0.3, 0.4) is 0 Å². The fourth-order valence-corrected chi connectivity index (χ4v) is 2.66. The summed E-state index contributed by atoms with van der Waals surface area (Å²) in [5, 5.41) is 2.55. The van der Waals surface area contributed by atoms with Crippen LogP contribution in [-0.2, 0) is 11.3 Å². The molecule has 0 atom stereocenters. The van der Waals surface area contributed by atoms with Gasteiger partial charge >= 0.3 is 6.03 Å². The summed E-state index contributed by atoms with van der Waals surface area (Å²) < 4.78 is 26.4. The maximum atomic E-state index is 13.5. The Balaban J connectivity index is 1.54. The molecule has 0 bridgehead atoms. The zero-order valence-electron chi connectivity index (χ0n) is 13.4. The summed E-state index contributed by atoms with van der Waals surface area (Å²) in [6.45, 7) is 0.773. The standard InChI is InChI=1S/C18H17F2N3O2/c19-14-7-6-13(16(20)10-14)11-21-17(24)12-22-8-9-23(18(22)25)15-4-2-1-3-5-15/h1-7,10H,8-9,11-12H2,(H,21,24). The highest BCUT2D eigenvalue weighted by Crippen LogP contribution is 2.19.